The maximum Gasteiger partial charge on any atom is 0.453 e. The number of nitrogens with zero attached hydrogens (tertiary/aromatic N) is 5. The van der Waals surface area contributed by atoms with Gasteiger partial charge in [-0.2, -0.15) is 18.3 Å². The molecule has 0 fully saturated rings. The van der Waals surface area contributed by atoms with Crippen LogP contribution in [0.15, 0.2) is 12.3 Å². The first-order chi connectivity index (χ1) is 8.48. The van der Waals surface area contributed by atoms with E-state index in [-0.39, 0.29) is 5.69 Å². The number of aromatic amines is 1. The van der Waals surface area contributed by atoms with E-state index >= 15 is 0 Å². The third-order valence-corrected chi connectivity index (χ3v) is 1.92. The summed E-state index contributed by atoms with van der Waals surface area (Å²) in [4.78, 5) is 11.4. The van der Waals surface area contributed by atoms with Gasteiger partial charge in [-0.25, -0.2) is 4.68 Å². The second-order valence-corrected chi connectivity index (χ2v) is 3.13. The van der Waals surface area contributed by atoms with Crippen molar-refractivity contribution in [2.75, 3.05) is 0 Å². The van der Waals surface area contributed by atoms with Crippen molar-refractivity contribution in [3.05, 3.63) is 23.8 Å². The fourth-order valence-electron chi connectivity index (χ4n) is 1.14. The van der Waals surface area contributed by atoms with Crippen LogP contribution in [0.3, 0.4) is 0 Å². The van der Waals surface area contributed by atoms with Crippen LogP contribution in [-0.2, 0) is 12.8 Å². The first kappa shape index (κ1) is 12.0. The third-order valence-electron chi connectivity index (χ3n) is 1.92. The average Bonchev–Trinajstić information content (AvgIpc) is 2.95. The van der Waals surface area contributed by atoms with E-state index in [1.165, 1.54) is 12.3 Å². The first-order valence-electron chi connectivity index (χ1n) is 4.59. The molecule has 0 aromatic carbocycles. The molecule has 0 unspecified atom stereocenters. The summed E-state index contributed by atoms with van der Waals surface area (Å²) in [5, 5.41) is 17.0. The number of carbonyl (C=O) groups is 1. The molecule has 0 aliphatic heterocycles. The van der Waals surface area contributed by atoms with Crippen molar-refractivity contribution in [1.29, 1.82) is 0 Å². The highest BCUT2D eigenvalue weighted by molar-refractivity contribution is 5.91. The average molecular weight is 261 g/mol. The van der Waals surface area contributed by atoms with Gasteiger partial charge in [0, 0.05) is 6.20 Å². The van der Waals surface area contributed by atoms with Crippen molar-refractivity contribution in [3.63, 3.8) is 0 Å². The van der Waals surface area contributed by atoms with E-state index in [0.29, 0.717) is 4.68 Å². The number of nitrogens with one attached hydrogen (secondary N) is 2. The molecule has 2 N–H and O–H groups in total. The molecule has 1 amide bonds. The van der Waals surface area contributed by atoms with Gasteiger partial charge in [0.05, 0.1) is 0 Å². The monoisotopic (exact) mass is 261 g/mol. The lowest BCUT2D eigenvalue weighted by molar-refractivity contribution is -0.148. The van der Waals surface area contributed by atoms with Crippen LogP contribution in [0.4, 0.5) is 13.2 Å². The molecule has 0 bridgehead atoms. The highest BCUT2D eigenvalue weighted by Crippen LogP contribution is 2.26. The summed E-state index contributed by atoms with van der Waals surface area (Å²) in [5.41, 5.74) is 0.122. The molecule has 0 radical (unpaired) electrons. The number of carbonyl (C=O) groups excluding carboxylic acids is 1. The number of rotatable bonds is 3. The van der Waals surface area contributed by atoms with Gasteiger partial charge < -0.3 is 5.32 Å². The van der Waals surface area contributed by atoms with Crippen LogP contribution in [0.5, 0.6) is 0 Å². The van der Waals surface area contributed by atoms with Gasteiger partial charge in [0.15, 0.2) is 0 Å². The second kappa shape index (κ2) is 4.43. The SMILES string of the molecule is O=C(NCn1nnnc1C(F)(F)F)c1ccn[nH]1. The lowest BCUT2D eigenvalue weighted by Crippen LogP contribution is -2.29. The number of H-pyrrole nitrogens is 1. The van der Waals surface area contributed by atoms with Crippen LogP contribution < -0.4 is 5.32 Å². The van der Waals surface area contributed by atoms with Gasteiger partial charge in [0.1, 0.15) is 12.4 Å². The van der Waals surface area contributed by atoms with Crippen molar-refractivity contribution in [2.45, 2.75) is 12.8 Å². The van der Waals surface area contributed by atoms with E-state index in [4.69, 9.17) is 0 Å². The molecule has 2 aromatic heterocycles. The molecular weight excluding hydrogens is 255 g/mol. The van der Waals surface area contributed by atoms with Crippen LogP contribution in [-0.4, -0.2) is 36.3 Å². The highest BCUT2D eigenvalue weighted by atomic mass is 19.4. The first-order valence-corrected chi connectivity index (χ1v) is 4.59. The summed E-state index contributed by atoms with van der Waals surface area (Å²) in [6.07, 6.45) is -3.34. The quantitative estimate of drug-likeness (QED) is 0.796. The topological polar surface area (TPSA) is 101 Å². The molecule has 0 saturated carbocycles. The summed E-state index contributed by atoms with van der Waals surface area (Å²) in [5.74, 6) is -1.90. The fourth-order valence-corrected chi connectivity index (χ4v) is 1.14. The number of tetrazole rings is 1. The summed E-state index contributed by atoms with van der Waals surface area (Å²) in [6, 6.07) is 1.37. The molecule has 0 aliphatic rings. The molecule has 11 heteroatoms. The molecule has 0 atom stereocenters. The lowest BCUT2D eigenvalue weighted by Gasteiger charge is -2.07. The Kier molecular flexibility index (Phi) is 2.95. The van der Waals surface area contributed by atoms with Crippen LogP contribution in [0.25, 0.3) is 0 Å². The van der Waals surface area contributed by atoms with Gasteiger partial charge in [-0.05, 0) is 16.5 Å². The summed E-state index contributed by atoms with van der Waals surface area (Å²) in [6.45, 7) is -0.500. The van der Waals surface area contributed by atoms with Crippen LogP contribution in [0.2, 0.25) is 0 Å². The van der Waals surface area contributed by atoms with Crippen molar-refractivity contribution in [1.82, 2.24) is 35.7 Å². The molecule has 0 aliphatic carbocycles. The minimum absolute atomic E-state index is 0.122. The van der Waals surface area contributed by atoms with E-state index in [9.17, 15) is 18.0 Å². The van der Waals surface area contributed by atoms with Gasteiger partial charge in [-0.15, -0.1) is 5.10 Å². The molecule has 18 heavy (non-hydrogen) atoms. The van der Waals surface area contributed by atoms with Gasteiger partial charge in [-0.1, -0.05) is 0 Å². The zero-order chi connectivity index (χ0) is 13.2. The van der Waals surface area contributed by atoms with Gasteiger partial charge in [0.2, 0.25) is 0 Å². The zero-order valence-corrected chi connectivity index (χ0v) is 8.64. The number of hydrogen-bond acceptors (Lipinski definition) is 5. The number of alkyl halides is 3. The van der Waals surface area contributed by atoms with Crippen molar-refractivity contribution in [2.24, 2.45) is 0 Å². The van der Waals surface area contributed by atoms with E-state index < -0.39 is 24.6 Å². The largest absolute Gasteiger partial charge is 0.453 e. The molecule has 0 spiro atoms. The Morgan fingerprint density at radius 2 is 2.28 bits per heavy atom. The predicted molar refractivity (Wildman–Crippen MR) is 48.9 cm³/mol. The molecule has 96 valence electrons. The van der Waals surface area contributed by atoms with Crippen molar-refractivity contribution >= 4 is 5.91 Å². The number of amides is 1. The summed E-state index contributed by atoms with van der Waals surface area (Å²) in [7, 11) is 0. The number of aromatic nitrogens is 6. The Labute approximate surface area is 97.2 Å². The summed E-state index contributed by atoms with van der Waals surface area (Å²) >= 11 is 0. The van der Waals surface area contributed by atoms with E-state index in [0.717, 1.165) is 0 Å². The van der Waals surface area contributed by atoms with Crippen molar-refractivity contribution in [3.8, 4) is 0 Å². The maximum atomic E-state index is 12.4. The molecule has 2 aromatic rings. The Morgan fingerprint density at radius 1 is 1.50 bits per heavy atom. The summed E-state index contributed by atoms with van der Waals surface area (Å²) < 4.78 is 37.6. The van der Waals surface area contributed by atoms with Crippen LogP contribution >= 0.6 is 0 Å². The normalized spacial score (nSPS) is 11.5. The fraction of sp³-hybridized carbons (Fsp3) is 0.286. The Hall–Kier alpha value is -2.46. The van der Waals surface area contributed by atoms with Gasteiger partial charge >= 0.3 is 6.18 Å². The maximum absolute atomic E-state index is 12.4. The zero-order valence-electron chi connectivity index (χ0n) is 8.64. The van der Waals surface area contributed by atoms with Crippen LogP contribution in [0, 0.1) is 0 Å². The highest BCUT2D eigenvalue weighted by Gasteiger charge is 2.38. The van der Waals surface area contributed by atoms with E-state index in [2.05, 4.69) is 31.0 Å². The number of halogens is 3. The van der Waals surface area contributed by atoms with Gasteiger partial charge in [-0.3, -0.25) is 9.89 Å². The lowest BCUT2D eigenvalue weighted by atomic mass is 10.4. The van der Waals surface area contributed by atoms with E-state index in [1.54, 1.807) is 0 Å². The predicted octanol–water partition coefficient (Wildman–Crippen LogP) is -0.197. The molecule has 2 rings (SSSR count). The Bertz CT molecular complexity index is 531. The molecule has 2 heterocycles. The van der Waals surface area contributed by atoms with Gasteiger partial charge in [0.25, 0.3) is 11.7 Å². The molecular formula is C7H6F3N7O. The molecule has 8 nitrogen and oxygen atoms in total. The Morgan fingerprint density at radius 3 is 2.89 bits per heavy atom. The van der Waals surface area contributed by atoms with Crippen LogP contribution in [0.1, 0.15) is 16.3 Å². The molecule has 0 saturated heterocycles. The van der Waals surface area contributed by atoms with Crippen molar-refractivity contribution < 1.29 is 18.0 Å². The number of hydrogen-bond donors (Lipinski definition) is 2. The smallest absolute Gasteiger partial charge is 0.331 e. The minimum atomic E-state index is -4.68. The minimum Gasteiger partial charge on any atom is -0.331 e. The standard InChI is InChI=1S/C7H6F3N7O/c8-7(9,10)6-14-15-16-17(6)3-11-5(18)4-1-2-12-13-4/h1-2H,3H2,(H,11,18)(H,12,13). The van der Waals surface area contributed by atoms with E-state index in [1.807, 2.05) is 0 Å². The third kappa shape index (κ3) is 2.44. The Balaban J connectivity index is 2.03. The second-order valence-electron chi connectivity index (χ2n) is 3.13.